The number of aryl methyl sites for hydroxylation is 2. The van der Waals surface area contributed by atoms with Gasteiger partial charge in [-0.25, -0.2) is 4.57 Å². The lowest BCUT2D eigenvalue weighted by Crippen LogP contribution is -2.32. The minimum absolute atomic E-state index is 0.230. The summed E-state index contributed by atoms with van der Waals surface area (Å²) >= 11 is 0. The lowest BCUT2D eigenvalue weighted by Gasteiger charge is -2.29. The largest absolute Gasteiger partial charge is 0.454 e. The number of nitrogens with zero attached hydrogens (tertiary/aromatic N) is 2. The molecule has 188 valence electrons. The normalized spacial score (nSPS) is 18.5. The summed E-state index contributed by atoms with van der Waals surface area (Å²) in [6, 6.07) is 25.4. The van der Waals surface area contributed by atoms with E-state index in [0.717, 1.165) is 69.1 Å². The first-order valence-electron chi connectivity index (χ1n) is 13.3. The third-order valence-corrected chi connectivity index (χ3v) is 8.38. The average Bonchev–Trinajstić information content (AvgIpc) is 3.68. The Bertz CT molecular complexity index is 1730. The van der Waals surface area contributed by atoms with E-state index in [4.69, 9.17) is 13.9 Å². The highest BCUT2D eigenvalue weighted by Crippen LogP contribution is 2.48. The van der Waals surface area contributed by atoms with Crippen molar-refractivity contribution in [2.45, 2.75) is 37.9 Å². The lowest BCUT2D eigenvalue weighted by molar-refractivity contribution is -0.660. The standard InChI is InChI=1S/C33H29N2O3/c1-21-8-14-25-26-15-13-24(20-34)30(32(26)38-31(25)29(21)28-7-3-4-17-35(28)2)23-11-9-22(10-12-23)27-6-5-16-33(27)36-18-19-37-33/h3-4,7-15,17,27H,5-6,16,18-19H2,1-2H3/q+1. The number of fused-ring (bicyclic) bond motifs is 3. The highest BCUT2D eigenvalue weighted by Gasteiger charge is 2.48. The molecule has 1 saturated carbocycles. The topological polar surface area (TPSA) is 59.3 Å². The predicted molar refractivity (Wildman–Crippen MR) is 146 cm³/mol. The molecule has 1 spiro atoms. The third kappa shape index (κ3) is 3.41. The summed E-state index contributed by atoms with van der Waals surface area (Å²) in [6.45, 7) is 3.44. The summed E-state index contributed by atoms with van der Waals surface area (Å²) < 4.78 is 21.0. The molecule has 1 saturated heterocycles. The molecule has 1 aliphatic heterocycles. The van der Waals surface area contributed by atoms with Crippen LogP contribution in [-0.2, 0) is 16.5 Å². The van der Waals surface area contributed by atoms with Crippen LogP contribution in [0, 0.1) is 18.3 Å². The van der Waals surface area contributed by atoms with Gasteiger partial charge in [0.05, 0.1) is 30.4 Å². The molecule has 1 atom stereocenters. The van der Waals surface area contributed by atoms with Crippen LogP contribution in [0.25, 0.3) is 44.3 Å². The molecule has 1 aliphatic carbocycles. The number of ether oxygens (including phenoxy) is 2. The van der Waals surface area contributed by atoms with E-state index in [9.17, 15) is 5.26 Å². The van der Waals surface area contributed by atoms with Crippen LogP contribution in [0.3, 0.4) is 0 Å². The summed E-state index contributed by atoms with van der Waals surface area (Å²) in [6.07, 6.45) is 5.15. The minimum atomic E-state index is -0.472. The Kier molecular flexibility index (Phi) is 5.36. The average molecular weight is 502 g/mol. The summed E-state index contributed by atoms with van der Waals surface area (Å²) in [5, 5.41) is 12.1. The van der Waals surface area contributed by atoms with Gasteiger partial charge in [0.25, 0.3) is 0 Å². The number of nitriles is 1. The summed E-state index contributed by atoms with van der Waals surface area (Å²) in [7, 11) is 2.05. The van der Waals surface area contributed by atoms with Gasteiger partial charge in [0.15, 0.2) is 12.0 Å². The molecule has 0 radical (unpaired) electrons. The van der Waals surface area contributed by atoms with E-state index >= 15 is 0 Å². The smallest absolute Gasteiger partial charge is 0.216 e. The second-order valence-electron chi connectivity index (χ2n) is 10.5. The van der Waals surface area contributed by atoms with Crippen molar-refractivity contribution >= 4 is 21.9 Å². The molecule has 38 heavy (non-hydrogen) atoms. The zero-order chi connectivity index (χ0) is 25.9. The Morgan fingerprint density at radius 2 is 1.63 bits per heavy atom. The molecule has 0 N–H and O–H groups in total. The van der Waals surface area contributed by atoms with Gasteiger partial charge in [-0.1, -0.05) is 36.4 Å². The molecule has 2 aliphatic rings. The Balaban J connectivity index is 1.40. The first-order chi connectivity index (χ1) is 18.6. The van der Waals surface area contributed by atoms with Gasteiger partial charge in [-0.2, -0.15) is 5.26 Å². The molecule has 2 aromatic heterocycles. The maximum atomic E-state index is 10.1. The van der Waals surface area contributed by atoms with Crippen molar-refractivity contribution in [3.05, 3.63) is 89.6 Å². The van der Waals surface area contributed by atoms with Crippen molar-refractivity contribution in [1.82, 2.24) is 0 Å². The number of rotatable bonds is 3. The Morgan fingerprint density at radius 3 is 2.37 bits per heavy atom. The van der Waals surface area contributed by atoms with Crippen LogP contribution < -0.4 is 4.57 Å². The monoisotopic (exact) mass is 501 g/mol. The molecular weight excluding hydrogens is 472 g/mol. The molecule has 7 rings (SSSR count). The van der Waals surface area contributed by atoms with E-state index in [2.05, 4.69) is 60.0 Å². The number of pyridine rings is 1. The molecule has 3 aromatic carbocycles. The Morgan fingerprint density at radius 1 is 0.895 bits per heavy atom. The van der Waals surface area contributed by atoms with E-state index in [0.29, 0.717) is 18.8 Å². The molecule has 0 bridgehead atoms. The van der Waals surface area contributed by atoms with E-state index in [1.54, 1.807) is 0 Å². The van der Waals surface area contributed by atoms with E-state index in [-0.39, 0.29) is 5.92 Å². The quantitative estimate of drug-likeness (QED) is 0.251. The predicted octanol–water partition coefficient (Wildman–Crippen LogP) is 6.94. The number of furan rings is 1. The number of benzene rings is 3. The van der Waals surface area contributed by atoms with Gasteiger partial charge in [0.2, 0.25) is 5.69 Å². The molecule has 0 amide bonds. The second kappa shape index (κ2) is 8.80. The van der Waals surface area contributed by atoms with E-state index in [1.807, 2.05) is 37.5 Å². The van der Waals surface area contributed by atoms with Crippen molar-refractivity contribution in [3.63, 3.8) is 0 Å². The van der Waals surface area contributed by atoms with Crippen molar-refractivity contribution in [3.8, 4) is 28.5 Å². The summed E-state index contributed by atoms with van der Waals surface area (Å²) in [5.41, 5.74) is 8.53. The summed E-state index contributed by atoms with van der Waals surface area (Å²) in [4.78, 5) is 0. The molecule has 3 heterocycles. The maximum Gasteiger partial charge on any atom is 0.216 e. The number of hydrogen-bond acceptors (Lipinski definition) is 4. The Hall–Kier alpha value is -3.98. The fourth-order valence-electron chi connectivity index (χ4n) is 6.55. The van der Waals surface area contributed by atoms with Crippen LogP contribution >= 0.6 is 0 Å². The molecule has 5 aromatic rings. The molecule has 2 fully saturated rings. The van der Waals surface area contributed by atoms with Gasteiger partial charge in [-0.05, 0) is 54.7 Å². The third-order valence-electron chi connectivity index (χ3n) is 8.38. The zero-order valence-electron chi connectivity index (χ0n) is 21.7. The van der Waals surface area contributed by atoms with Crippen LogP contribution in [0.15, 0.2) is 77.3 Å². The van der Waals surface area contributed by atoms with Crippen molar-refractivity contribution < 1.29 is 18.5 Å². The van der Waals surface area contributed by atoms with Gasteiger partial charge >= 0.3 is 0 Å². The first kappa shape index (κ1) is 23.2. The zero-order valence-corrected chi connectivity index (χ0v) is 21.7. The fraction of sp³-hybridized carbons (Fsp3) is 0.273. The van der Waals surface area contributed by atoms with Crippen molar-refractivity contribution in [1.29, 1.82) is 5.26 Å². The SMILES string of the molecule is Cc1ccc2c(oc3c(-c4ccc(C5CCCC56OCCO6)cc4)c(C#N)ccc32)c1-c1cccc[n+]1C. The molecule has 1 unspecified atom stereocenters. The highest BCUT2D eigenvalue weighted by atomic mass is 16.7. The Labute approximate surface area is 221 Å². The van der Waals surface area contributed by atoms with Crippen molar-refractivity contribution in [2.24, 2.45) is 7.05 Å². The van der Waals surface area contributed by atoms with Gasteiger partial charge < -0.3 is 13.9 Å². The second-order valence-corrected chi connectivity index (χ2v) is 10.5. The molecule has 5 nitrogen and oxygen atoms in total. The molecule has 5 heteroatoms. The van der Waals surface area contributed by atoms with Crippen LogP contribution in [0.2, 0.25) is 0 Å². The van der Waals surface area contributed by atoms with E-state index in [1.165, 1.54) is 5.56 Å². The number of hydrogen-bond donors (Lipinski definition) is 0. The summed E-state index contributed by atoms with van der Waals surface area (Å²) in [5.74, 6) is -0.242. The van der Waals surface area contributed by atoms with Gasteiger partial charge in [0.1, 0.15) is 18.2 Å². The highest BCUT2D eigenvalue weighted by molar-refractivity contribution is 6.14. The van der Waals surface area contributed by atoms with Crippen LogP contribution in [0.4, 0.5) is 0 Å². The van der Waals surface area contributed by atoms with Gasteiger partial charge in [-0.15, -0.1) is 0 Å². The minimum Gasteiger partial charge on any atom is -0.454 e. The molecular formula is C33H29N2O3+. The maximum absolute atomic E-state index is 10.1. The van der Waals surface area contributed by atoms with Crippen molar-refractivity contribution in [2.75, 3.05) is 13.2 Å². The van der Waals surface area contributed by atoms with E-state index < -0.39 is 5.79 Å². The van der Waals surface area contributed by atoms with Crippen LogP contribution in [0.5, 0.6) is 0 Å². The van der Waals surface area contributed by atoms with Crippen LogP contribution in [0.1, 0.15) is 41.9 Å². The van der Waals surface area contributed by atoms with Crippen LogP contribution in [-0.4, -0.2) is 19.0 Å². The number of aromatic nitrogens is 1. The van der Waals surface area contributed by atoms with Gasteiger partial charge in [-0.3, -0.25) is 0 Å². The fourth-order valence-corrected chi connectivity index (χ4v) is 6.55. The van der Waals surface area contributed by atoms with Gasteiger partial charge in [0, 0.05) is 40.8 Å². The first-order valence-corrected chi connectivity index (χ1v) is 13.3. The lowest BCUT2D eigenvalue weighted by atomic mass is 9.90.